The monoisotopic (exact) mass is 306 g/mol. The molecule has 1 heterocycles. The molecule has 0 aromatic heterocycles. The van der Waals surface area contributed by atoms with Crippen molar-refractivity contribution in [1.82, 2.24) is 0 Å². The van der Waals surface area contributed by atoms with Gasteiger partial charge in [-0.25, -0.2) is 0 Å². The summed E-state index contributed by atoms with van der Waals surface area (Å²) in [6, 6.07) is 17.3. The van der Waals surface area contributed by atoms with E-state index in [1.165, 1.54) is 43.6 Å². The minimum atomic E-state index is 0.617. The van der Waals surface area contributed by atoms with Crippen LogP contribution in [-0.2, 0) is 0 Å². The molecule has 2 aromatic carbocycles. The Kier molecular flexibility index (Phi) is 5.12. The zero-order valence-corrected chi connectivity index (χ0v) is 14.2. The molecule has 1 fully saturated rings. The Labute approximate surface area is 139 Å². The molecule has 2 heteroatoms. The standard InChI is InChI=1S/C21H26N2/c1-3-17(2)19-8-10-20(11-9-19)22-16-18-6-12-21(13-7-18)23-14-4-5-15-23/h6-13,16-17H,3-5,14-15H2,1-2H3/t17-/m0/s1. The molecule has 0 radical (unpaired) electrons. The van der Waals surface area contributed by atoms with E-state index >= 15 is 0 Å². The van der Waals surface area contributed by atoms with Gasteiger partial charge in [0.25, 0.3) is 0 Å². The number of rotatable bonds is 5. The van der Waals surface area contributed by atoms with Crippen molar-refractivity contribution in [3.8, 4) is 0 Å². The molecule has 0 saturated carbocycles. The number of hydrogen-bond donors (Lipinski definition) is 0. The number of aliphatic imine (C=N–C) groups is 1. The predicted molar refractivity (Wildman–Crippen MR) is 100 cm³/mol. The van der Waals surface area contributed by atoms with Crippen LogP contribution in [-0.4, -0.2) is 19.3 Å². The lowest BCUT2D eigenvalue weighted by Gasteiger charge is -2.17. The lowest BCUT2D eigenvalue weighted by Crippen LogP contribution is -2.17. The summed E-state index contributed by atoms with van der Waals surface area (Å²) in [5.41, 5.74) is 4.89. The molecule has 1 aliphatic rings. The van der Waals surface area contributed by atoms with E-state index in [9.17, 15) is 0 Å². The average molecular weight is 306 g/mol. The fourth-order valence-electron chi connectivity index (χ4n) is 3.02. The van der Waals surface area contributed by atoms with Crippen molar-refractivity contribution in [2.45, 2.75) is 39.0 Å². The van der Waals surface area contributed by atoms with Crippen molar-refractivity contribution in [3.05, 3.63) is 59.7 Å². The molecule has 23 heavy (non-hydrogen) atoms. The summed E-state index contributed by atoms with van der Waals surface area (Å²) >= 11 is 0. The second kappa shape index (κ2) is 7.45. The van der Waals surface area contributed by atoms with Gasteiger partial charge in [0.1, 0.15) is 0 Å². The molecule has 2 aromatic rings. The Morgan fingerprint density at radius 2 is 1.65 bits per heavy atom. The summed E-state index contributed by atoms with van der Waals surface area (Å²) in [7, 11) is 0. The van der Waals surface area contributed by atoms with Crippen molar-refractivity contribution >= 4 is 17.6 Å². The average Bonchev–Trinajstić information content (AvgIpc) is 3.15. The second-order valence-corrected chi connectivity index (χ2v) is 6.44. The third-order valence-corrected chi connectivity index (χ3v) is 4.80. The van der Waals surface area contributed by atoms with E-state index in [1.807, 2.05) is 6.21 Å². The molecule has 2 nitrogen and oxygen atoms in total. The van der Waals surface area contributed by atoms with E-state index in [4.69, 9.17) is 0 Å². The first kappa shape index (κ1) is 15.8. The molecule has 1 atom stereocenters. The predicted octanol–water partition coefficient (Wildman–Crippen LogP) is 5.55. The summed E-state index contributed by atoms with van der Waals surface area (Å²) in [5.74, 6) is 0.617. The van der Waals surface area contributed by atoms with Crippen LogP contribution in [0.25, 0.3) is 0 Å². The van der Waals surface area contributed by atoms with Crippen LogP contribution >= 0.6 is 0 Å². The first-order chi connectivity index (χ1) is 11.3. The Morgan fingerprint density at radius 1 is 1.00 bits per heavy atom. The van der Waals surface area contributed by atoms with Crippen molar-refractivity contribution in [2.24, 2.45) is 4.99 Å². The smallest absolute Gasteiger partial charge is 0.0630 e. The third kappa shape index (κ3) is 4.01. The van der Waals surface area contributed by atoms with Gasteiger partial charge in [0.2, 0.25) is 0 Å². The Hall–Kier alpha value is -2.09. The molecule has 120 valence electrons. The first-order valence-corrected chi connectivity index (χ1v) is 8.75. The van der Waals surface area contributed by atoms with Crippen LogP contribution in [0.1, 0.15) is 50.2 Å². The van der Waals surface area contributed by atoms with Gasteiger partial charge in [-0.2, -0.15) is 0 Å². The summed E-state index contributed by atoms with van der Waals surface area (Å²) in [6.45, 7) is 6.87. The van der Waals surface area contributed by atoms with Gasteiger partial charge in [0, 0.05) is 25.0 Å². The van der Waals surface area contributed by atoms with Crippen molar-refractivity contribution < 1.29 is 0 Å². The van der Waals surface area contributed by atoms with Crippen LogP contribution in [0.4, 0.5) is 11.4 Å². The van der Waals surface area contributed by atoms with E-state index in [-0.39, 0.29) is 0 Å². The first-order valence-electron chi connectivity index (χ1n) is 8.75. The molecule has 0 amide bonds. The van der Waals surface area contributed by atoms with E-state index < -0.39 is 0 Å². The molecular formula is C21H26N2. The maximum Gasteiger partial charge on any atom is 0.0630 e. The highest BCUT2D eigenvalue weighted by Gasteiger charge is 2.11. The summed E-state index contributed by atoms with van der Waals surface area (Å²) in [6.07, 6.45) is 5.75. The van der Waals surface area contributed by atoms with Gasteiger partial charge in [-0.1, -0.05) is 38.1 Å². The van der Waals surface area contributed by atoms with Gasteiger partial charge >= 0.3 is 0 Å². The zero-order chi connectivity index (χ0) is 16.1. The van der Waals surface area contributed by atoms with Gasteiger partial charge in [0.15, 0.2) is 0 Å². The number of nitrogens with zero attached hydrogens (tertiary/aromatic N) is 2. The normalized spacial score (nSPS) is 16.2. The second-order valence-electron chi connectivity index (χ2n) is 6.44. The van der Waals surface area contributed by atoms with Crippen LogP contribution < -0.4 is 4.90 Å². The zero-order valence-electron chi connectivity index (χ0n) is 14.2. The van der Waals surface area contributed by atoms with Crippen LogP contribution in [0.5, 0.6) is 0 Å². The maximum absolute atomic E-state index is 4.59. The van der Waals surface area contributed by atoms with Crippen molar-refractivity contribution in [1.29, 1.82) is 0 Å². The largest absolute Gasteiger partial charge is 0.372 e. The van der Waals surface area contributed by atoms with Gasteiger partial charge in [-0.15, -0.1) is 0 Å². The number of benzene rings is 2. The maximum atomic E-state index is 4.59. The molecule has 0 N–H and O–H groups in total. The SMILES string of the molecule is CC[C@H](C)c1ccc(N=Cc2ccc(N3CCCC3)cc2)cc1. The quantitative estimate of drug-likeness (QED) is 0.661. The molecule has 3 rings (SSSR count). The Morgan fingerprint density at radius 3 is 2.26 bits per heavy atom. The van der Waals surface area contributed by atoms with E-state index in [2.05, 4.69) is 72.3 Å². The molecule has 1 aliphatic heterocycles. The Balaban J connectivity index is 1.65. The summed E-state index contributed by atoms with van der Waals surface area (Å²) in [4.78, 5) is 7.04. The molecule has 1 saturated heterocycles. The minimum Gasteiger partial charge on any atom is -0.372 e. The minimum absolute atomic E-state index is 0.617. The van der Waals surface area contributed by atoms with Gasteiger partial charge < -0.3 is 4.90 Å². The molecular weight excluding hydrogens is 280 g/mol. The van der Waals surface area contributed by atoms with E-state index in [0.29, 0.717) is 5.92 Å². The fraction of sp³-hybridized carbons (Fsp3) is 0.381. The summed E-state index contributed by atoms with van der Waals surface area (Å²) in [5, 5.41) is 0. The fourth-order valence-corrected chi connectivity index (χ4v) is 3.02. The van der Waals surface area contributed by atoms with Gasteiger partial charge in [0.05, 0.1) is 5.69 Å². The van der Waals surface area contributed by atoms with Crippen LogP contribution in [0.3, 0.4) is 0 Å². The number of hydrogen-bond acceptors (Lipinski definition) is 2. The van der Waals surface area contributed by atoms with Crippen LogP contribution in [0.15, 0.2) is 53.5 Å². The van der Waals surface area contributed by atoms with E-state index in [0.717, 1.165) is 11.3 Å². The third-order valence-electron chi connectivity index (χ3n) is 4.80. The van der Waals surface area contributed by atoms with E-state index in [1.54, 1.807) is 0 Å². The van der Waals surface area contributed by atoms with Crippen LogP contribution in [0.2, 0.25) is 0 Å². The van der Waals surface area contributed by atoms with Crippen LogP contribution in [0, 0.1) is 0 Å². The molecule has 0 unspecified atom stereocenters. The van der Waals surface area contributed by atoms with Gasteiger partial charge in [-0.3, -0.25) is 4.99 Å². The molecule has 0 aliphatic carbocycles. The Bertz CT molecular complexity index is 635. The highest BCUT2D eigenvalue weighted by molar-refractivity contribution is 5.82. The van der Waals surface area contributed by atoms with Gasteiger partial charge in [-0.05, 0) is 60.6 Å². The molecule has 0 bridgehead atoms. The molecule has 0 spiro atoms. The number of anilines is 1. The topological polar surface area (TPSA) is 15.6 Å². The van der Waals surface area contributed by atoms with Crippen molar-refractivity contribution in [3.63, 3.8) is 0 Å². The lowest BCUT2D eigenvalue weighted by atomic mass is 9.99. The highest BCUT2D eigenvalue weighted by Crippen LogP contribution is 2.22. The highest BCUT2D eigenvalue weighted by atomic mass is 15.1. The van der Waals surface area contributed by atoms with Crippen molar-refractivity contribution in [2.75, 3.05) is 18.0 Å². The lowest BCUT2D eigenvalue weighted by molar-refractivity contribution is 0.734. The summed E-state index contributed by atoms with van der Waals surface area (Å²) < 4.78 is 0.